The normalized spacial score (nSPS) is 12.1. The average molecular weight is 219 g/mol. The van der Waals surface area contributed by atoms with Crippen molar-refractivity contribution < 1.29 is 4.74 Å². The van der Waals surface area contributed by atoms with Crippen molar-refractivity contribution in [3.8, 4) is 5.75 Å². The Balaban J connectivity index is 2.72. The molecule has 0 saturated carbocycles. The second-order valence-electron chi connectivity index (χ2n) is 4.41. The molecule has 0 fully saturated rings. The molecule has 1 rings (SSSR count). The first-order valence-corrected chi connectivity index (χ1v) is 5.63. The van der Waals surface area contributed by atoms with Gasteiger partial charge in [0.1, 0.15) is 12.4 Å². The van der Waals surface area contributed by atoms with Crippen LogP contribution < -0.4 is 10.5 Å². The summed E-state index contributed by atoms with van der Waals surface area (Å²) < 4.78 is 5.67. The third-order valence-corrected chi connectivity index (χ3v) is 2.46. The predicted octanol–water partition coefficient (Wildman–Crippen LogP) is 3.36. The monoisotopic (exact) mass is 219 g/mol. The van der Waals surface area contributed by atoms with Crippen molar-refractivity contribution >= 4 is 0 Å². The van der Waals surface area contributed by atoms with Gasteiger partial charge in [-0.25, -0.2) is 0 Å². The molecule has 0 radical (unpaired) electrons. The SMILES string of the molecule is CC(C)=CCOc1ccc([C@H](C)N)cc1C. The van der Waals surface area contributed by atoms with Crippen molar-refractivity contribution in [1.82, 2.24) is 0 Å². The van der Waals surface area contributed by atoms with Gasteiger partial charge in [0.05, 0.1) is 0 Å². The van der Waals surface area contributed by atoms with Crippen molar-refractivity contribution in [3.63, 3.8) is 0 Å². The summed E-state index contributed by atoms with van der Waals surface area (Å²) in [6.45, 7) is 8.79. The van der Waals surface area contributed by atoms with Gasteiger partial charge in [-0.1, -0.05) is 17.7 Å². The quantitative estimate of drug-likeness (QED) is 0.788. The molecule has 1 aromatic rings. The lowest BCUT2D eigenvalue weighted by Gasteiger charge is -2.11. The number of hydrogen-bond acceptors (Lipinski definition) is 2. The first-order chi connectivity index (χ1) is 7.50. The lowest BCUT2D eigenvalue weighted by molar-refractivity contribution is 0.359. The van der Waals surface area contributed by atoms with Gasteiger partial charge in [0.25, 0.3) is 0 Å². The molecule has 0 unspecified atom stereocenters. The molecule has 0 aliphatic heterocycles. The van der Waals surface area contributed by atoms with Gasteiger partial charge in [-0.15, -0.1) is 0 Å². The van der Waals surface area contributed by atoms with Crippen LogP contribution in [0.2, 0.25) is 0 Å². The number of hydrogen-bond donors (Lipinski definition) is 1. The molecule has 0 heterocycles. The molecule has 0 aromatic heterocycles. The molecular formula is C14H21NO. The number of benzene rings is 1. The van der Waals surface area contributed by atoms with E-state index in [-0.39, 0.29) is 6.04 Å². The Bertz CT molecular complexity index is 376. The van der Waals surface area contributed by atoms with Gasteiger partial charge in [0.15, 0.2) is 0 Å². The Morgan fingerprint density at radius 3 is 2.62 bits per heavy atom. The van der Waals surface area contributed by atoms with Gasteiger partial charge in [-0.05, 0) is 51.0 Å². The van der Waals surface area contributed by atoms with E-state index >= 15 is 0 Å². The highest BCUT2D eigenvalue weighted by atomic mass is 16.5. The molecule has 1 aromatic carbocycles. The summed E-state index contributed by atoms with van der Waals surface area (Å²) in [5, 5.41) is 0. The molecule has 0 bridgehead atoms. The second-order valence-corrected chi connectivity index (χ2v) is 4.41. The summed E-state index contributed by atoms with van der Waals surface area (Å²) in [4.78, 5) is 0. The fourth-order valence-corrected chi connectivity index (χ4v) is 1.42. The summed E-state index contributed by atoms with van der Waals surface area (Å²) in [6, 6.07) is 6.18. The van der Waals surface area contributed by atoms with E-state index in [4.69, 9.17) is 10.5 Å². The number of ether oxygens (including phenoxy) is 1. The molecule has 2 heteroatoms. The third kappa shape index (κ3) is 3.70. The van der Waals surface area contributed by atoms with Gasteiger partial charge in [-0.2, -0.15) is 0 Å². The van der Waals surface area contributed by atoms with E-state index in [0.717, 1.165) is 16.9 Å². The van der Waals surface area contributed by atoms with Gasteiger partial charge in [0.2, 0.25) is 0 Å². The van der Waals surface area contributed by atoms with Crippen LogP contribution in [0.4, 0.5) is 0 Å². The Morgan fingerprint density at radius 1 is 1.44 bits per heavy atom. The van der Waals surface area contributed by atoms with E-state index in [2.05, 4.69) is 26.0 Å². The van der Waals surface area contributed by atoms with Gasteiger partial charge >= 0.3 is 0 Å². The lowest BCUT2D eigenvalue weighted by Crippen LogP contribution is -2.05. The molecule has 0 aliphatic carbocycles. The lowest BCUT2D eigenvalue weighted by atomic mass is 10.1. The van der Waals surface area contributed by atoms with Crippen LogP contribution in [0.3, 0.4) is 0 Å². The van der Waals surface area contributed by atoms with Crippen LogP contribution in [-0.4, -0.2) is 6.61 Å². The standard InChI is InChI=1S/C14H21NO/c1-10(2)7-8-16-14-6-5-13(12(4)15)9-11(14)3/h5-7,9,12H,8,15H2,1-4H3/t12-/m0/s1. The van der Waals surface area contributed by atoms with Crippen LogP contribution in [0.25, 0.3) is 0 Å². The summed E-state index contributed by atoms with van der Waals surface area (Å²) in [5.41, 5.74) is 9.37. The van der Waals surface area contributed by atoms with E-state index < -0.39 is 0 Å². The van der Waals surface area contributed by atoms with Gasteiger partial charge < -0.3 is 10.5 Å². The largest absolute Gasteiger partial charge is 0.489 e. The average Bonchev–Trinajstić information content (AvgIpc) is 2.19. The van der Waals surface area contributed by atoms with Crippen molar-refractivity contribution in [2.24, 2.45) is 5.73 Å². The second kappa shape index (κ2) is 5.71. The maximum Gasteiger partial charge on any atom is 0.122 e. The predicted molar refractivity (Wildman–Crippen MR) is 68.7 cm³/mol. The van der Waals surface area contributed by atoms with E-state index in [1.165, 1.54) is 5.57 Å². The first kappa shape index (κ1) is 12.8. The Kier molecular flexibility index (Phi) is 4.56. The molecule has 2 N–H and O–H groups in total. The summed E-state index contributed by atoms with van der Waals surface area (Å²) in [5.74, 6) is 0.932. The van der Waals surface area contributed by atoms with Gasteiger partial charge in [-0.3, -0.25) is 0 Å². The maximum atomic E-state index is 5.82. The molecule has 88 valence electrons. The zero-order valence-electron chi connectivity index (χ0n) is 10.6. The number of aryl methyl sites for hydroxylation is 1. The molecule has 16 heavy (non-hydrogen) atoms. The van der Waals surface area contributed by atoms with Gasteiger partial charge in [0, 0.05) is 6.04 Å². The molecule has 0 spiro atoms. The van der Waals surface area contributed by atoms with Crippen molar-refractivity contribution in [3.05, 3.63) is 41.0 Å². The van der Waals surface area contributed by atoms with E-state index in [1.54, 1.807) is 0 Å². The molecule has 2 nitrogen and oxygen atoms in total. The highest BCUT2D eigenvalue weighted by Gasteiger charge is 2.03. The Hall–Kier alpha value is -1.28. The number of nitrogens with two attached hydrogens (primary N) is 1. The van der Waals surface area contributed by atoms with Crippen LogP contribution >= 0.6 is 0 Å². The molecule has 0 saturated heterocycles. The number of allylic oxidation sites excluding steroid dienone is 1. The van der Waals surface area contributed by atoms with Crippen molar-refractivity contribution in [2.45, 2.75) is 33.7 Å². The van der Waals surface area contributed by atoms with Crippen LogP contribution in [-0.2, 0) is 0 Å². The fourth-order valence-electron chi connectivity index (χ4n) is 1.42. The molecule has 0 amide bonds. The van der Waals surface area contributed by atoms with Crippen molar-refractivity contribution in [2.75, 3.05) is 6.61 Å². The van der Waals surface area contributed by atoms with Crippen LogP contribution in [0.5, 0.6) is 5.75 Å². The molecule has 1 atom stereocenters. The van der Waals surface area contributed by atoms with Crippen LogP contribution in [0.1, 0.15) is 37.9 Å². The maximum absolute atomic E-state index is 5.82. The van der Waals surface area contributed by atoms with E-state index in [0.29, 0.717) is 6.61 Å². The molecular weight excluding hydrogens is 198 g/mol. The van der Waals surface area contributed by atoms with Crippen LogP contribution in [0.15, 0.2) is 29.8 Å². The minimum absolute atomic E-state index is 0.0746. The van der Waals surface area contributed by atoms with Crippen LogP contribution in [0, 0.1) is 6.92 Å². The minimum Gasteiger partial charge on any atom is -0.489 e. The third-order valence-electron chi connectivity index (χ3n) is 2.46. The van der Waals surface area contributed by atoms with Crippen molar-refractivity contribution in [1.29, 1.82) is 0 Å². The first-order valence-electron chi connectivity index (χ1n) is 5.63. The zero-order chi connectivity index (χ0) is 12.1. The Labute approximate surface area is 98.1 Å². The highest BCUT2D eigenvalue weighted by Crippen LogP contribution is 2.21. The topological polar surface area (TPSA) is 35.2 Å². The summed E-state index contributed by atoms with van der Waals surface area (Å²) >= 11 is 0. The fraction of sp³-hybridized carbons (Fsp3) is 0.429. The minimum atomic E-state index is 0.0746. The smallest absolute Gasteiger partial charge is 0.122 e. The van der Waals surface area contributed by atoms with E-state index in [1.807, 2.05) is 26.0 Å². The molecule has 0 aliphatic rings. The number of rotatable bonds is 4. The highest BCUT2D eigenvalue weighted by molar-refractivity contribution is 5.37. The summed E-state index contributed by atoms with van der Waals surface area (Å²) in [6.07, 6.45) is 2.07. The zero-order valence-corrected chi connectivity index (χ0v) is 10.6. The van der Waals surface area contributed by atoms with E-state index in [9.17, 15) is 0 Å². The Morgan fingerprint density at radius 2 is 2.12 bits per heavy atom. The summed E-state index contributed by atoms with van der Waals surface area (Å²) in [7, 11) is 0.